The van der Waals surface area contributed by atoms with Crippen LogP contribution in [0.5, 0.6) is 0 Å². The molecule has 2 aliphatic carbocycles. The predicted octanol–water partition coefficient (Wildman–Crippen LogP) is 5.18. The molecule has 0 aliphatic heterocycles. The third-order valence-electron chi connectivity index (χ3n) is 4.30. The van der Waals surface area contributed by atoms with Crippen LogP contribution in [0.3, 0.4) is 0 Å². The first-order valence-corrected chi connectivity index (χ1v) is 7.31. The minimum absolute atomic E-state index is 0.375. The second-order valence-electron chi connectivity index (χ2n) is 5.53. The monoisotopic (exact) mass is 272 g/mol. The molecular weight excluding hydrogens is 256 g/mol. The van der Waals surface area contributed by atoms with Crippen molar-refractivity contribution < 1.29 is 5.11 Å². The highest BCUT2D eigenvalue weighted by molar-refractivity contribution is 5.98. The molecule has 1 N–H and O–H groups in total. The summed E-state index contributed by atoms with van der Waals surface area (Å²) in [7, 11) is 0. The molecule has 0 saturated carbocycles. The summed E-state index contributed by atoms with van der Waals surface area (Å²) >= 11 is 0. The highest BCUT2D eigenvalue weighted by Gasteiger charge is 2.24. The number of allylic oxidation sites excluding steroid dienone is 7. The zero-order valence-corrected chi connectivity index (χ0v) is 11.7. The second kappa shape index (κ2) is 4.78. The van der Waals surface area contributed by atoms with Crippen LogP contribution in [-0.2, 0) is 0 Å². The first-order chi connectivity index (χ1) is 10.3. The van der Waals surface area contributed by atoms with Gasteiger partial charge in [-0.25, -0.2) is 0 Å². The topological polar surface area (TPSA) is 20.2 Å². The molecule has 0 bridgehead atoms. The fraction of sp³-hybridized carbons (Fsp3) is 0.100. The standard InChI is InChI=1S/C20H16O/c21-19-13-12-15-7-2-4-10-17(15)20(19)18-11-5-8-14-6-1-3-9-16(14)18/h1-11,13,15,21H,12H2. The molecule has 0 fully saturated rings. The molecule has 0 aromatic heterocycles. The molecule has 1 heteroatoms. The zero-order valence-electron chi connectivity index (χ0n) is 11.7. The van der Waals surface area contributed by atoms with Crippen LogP contribution >= 0.6 is 0 Å². The van der Waals surface area contributed by atoms with E-state index < -0.39 is 0 Å². The average molecular weight is 272 g/mol. The number of rotatable bonds is 1. The Morgan fingerprint density at radius 2 is 1.81 bits per heavy atom. The maximum Gasteiger partial charge on any atom is 0.119 e. The largest absolute Gasteiger partial charge is 0.508 e. The van der Waals surface area contributed by atoms with E-state index in [1.165, 1.54) is 16.3 Å². The molecule has 2 aromatic rings. The minimum Gasteiger partial charge on any atom is -0.508 e. The van der Waals surface area contributed by atoms with Crippen LogP contribution in [-0.4, -0.2) is 5.11 Å². The van der Waals surface area contributed by atoms with Crippen molar-refractivity contribution in [1.82, 2.24) is 0 Å². The molecule has 21 heavy (non-hydrogen) atoms. The molecule has 4 rings (SSSR count). The van der Waals surface area contributed by atoms with Gasteiger partial charge in [0.15, 0.2) is 0 Å². The van der Waals surface area contributed by atoms with Gasteiger partial charge in [-0.05, 0) is 34.4 Å². The van der Waals surface area contributed by atoms with Crippen molar-refractivity contribution in [3.8, 4) is 0 Å². The molecular formula is C20H16O. The van der Waals surface area contributed by atoms with Gasteiger partial charge in [0.2, 0.25) is 0 Å². The molecule has 0 saturated heterocycles. The van der Waals surface area contributed by atoms with Gasteiger partial charge in [-0.15, -0.1) is 0 Å². The lowest BCUT2D eigenvalue weighted by atomic mass is 9.80. The normalized spacial score (nSPS) is 20.6. The molecule has 0 radical (unpaired) electrons. The van der Waals surface area contributed by atoms with E-state index in [1.807, 2.05) is 12.1 Å². The quantitative estimate of drug-likeness (QED) is 0.758. The average Bonchev–Trinajstić information content (AvgIpc) is 2.54. The lowest BCUT2D eigenvalue weighted by molar-refractivity contribution is 0.429. The lowest BCUT2D eigenvalue weighted by Crippen LogP contribution is -2.10. The number of aliphatic hydroxyl groups excluding tert-OH is 1. The summed E-state index contributed by atoms with van der Waals surface area (Å²) in [5, 5.41) is 12.9. The van der Waals surface area contributed by atoms with Crippen molar-refractivity contribution in [2.24, 2.45) is 5.92 Å². The van der Waals surface area contributed by atoms with Crippen molar-refractivity contribution in [3.05, 3.63) is 89.7 Å². The Balaban J connectivity index is 2.02. The third kappa shape index (κ3) is 1.93. The maximum atomic E-state index is 10.5. The highest BCUT2D eigenvalue weighted by atomic mass is 16.3. The molecule has 0 amide bonds. The summed E-state index contributed by atoms with van der Waals surface area (Å²) in [6, 6.07) is 14.6. The van der Waals surface area contributed by atoms with Crippen LogP contribution in [0.2, 0.25) is 0 Å². The van der Waals surface area contributed by atoms with E-state index in [2.05, 4.69) is 60.7 Å². The van der Waals surface area contributed by atoms with Gasteiger partial charge in [-0.2, -0.15) is 0 Å². The first kappa shape index (κ1) is 12.2. The van der Waals surface area contributed by atoms with Crippen molar-refractivity contribution in [2.75, 3.05) is 0 Å². The van der Waals surface area contributed by atoms with Crippen LogP contribution < -0.4 is 0 Å². The van der Waals surface area contributed by atoms with E-state index >= 15 is 0 Å². The van der Waals surface area contributed by atoms with Gasteiger partial charge in [0.25, 0.3) is 0 Å². The van der Waals surface area contributed by atoms with E-state index in [0.29, 0.717) is 11.7 Å². The van der Waals surface area contributed by atoms with E-state index in [-0.39, 0.29) is 0 Å². The summed E-state index contributed by atoms with van der Waals surface area (Å²) in [4.78, 5) is 0. The van der Waals surface area contributed by atoms with Crippen molar-refractivity contribution >= 4 is 16.3 Å². The Labute approximate surface area is 124 Å². The van der Waals surface area contributed by atoms with Crippen molar-refractivity contribution in [1.29, 1.82) is 0 Å². The molecule has 2 aliphatic rings. The molecule has 1 atom stereocenters. The summed E-state index contributed by atoms with van der Waals surface area (Å²) < 4.78 is 0. The lowest BCUT2D eigenvalue weighted by Gasteiger charge is -2.25. The van der Waals surface area contributed by atoms with Gasteiger partial charge >= 0.3 is 0 Å². The van der Waals surface area contributed by atoms with Crippen molar-refractivity contribution in [2.45, 2.75) is 6.42 Å². The summed E-state index contributed by atoms with van der Waals surface area (Å²) in [5.74, 6) is 0.775. The fourth-order valence-electron chi connectivity index (χ4n) is 3.28. The van der Waals surface area contributed by atoms with Gasteiger partial charge < -0.3 is 5.11 Å². The first-order valence-electron chi connectivity index (χ1n) is 7.31. The van der Waals surface area contributed by atoms with E-state index in [0.717, 1.165) is 17.6 Å². The van der Waals surface area contributed by atoms with Gasteiger partial charge in [0, 0.05) is 11.5 Å². The molecule has 0 spiro atoms. The number of hydrogen-bond acceptors (Lipinski definition) is 1. The molecule has 1 nitrogen and oxygen atoms in total. The van der Waals surface area contributed by atoms with Gasteiger partial charge in [0.05, 0.1) is 0 Å². The Morgan fingerprint density at radius 3 is 2.76 bits per heavy atom. The smallest absolute Gasteiger partial charge is 0.119 e. The Kier molecular flexibility index (Phi) is 2.78. The molecule has 0 heterocycles. The number of aliphatic hydroxyl groups is 1. The van der Waals surface area contributed by atoms with E-state index in [9.17, 15) is 5.11 Å². The summed E-state index contributed by atoms with van der Waals surface area (Å²) in [6.07, 6.45) is 11.3. The van der Waals surface area contributed by atoms with Crippen LogP contribution in [0.4, 0.5) is 0 Å². The maximum absolute atomic E-state index is 10.5. The Morgan fingerprint density at radius 1 is 0.952 bits per heavy atom. The van der Waals surface area contributed by atoms with Crippen LogP contribution in [0.25, 0.3) is 16.3 Å². The summed E-state index contributed by atoms with van der Waals surface area (Å²) in [5.41, 5.74) is 3.30. The van der Waals surface area contributed by atoms with Crippen molar-refractivity contribution in [3.63, 3.8) is 0 Å². The number of hydrogen-bond donors (Lipinski definition) is 1. The molecule has 1 unspecified atom stereocenters. The highest BCUT2D eigenvalue weighted by Crippen LogP contribution is 2.40. The zero-order chi connectivity index (χ0) is 14.2. The number of fused-ring (bicyclic) bond motifs is 2. The van der Waals surface area contributed by atoms with Crippen LogP contribution in [0, 0.1) is 5.92 Å². The Bertz CT molecular complexity index is 829. The second-order valence-corrected chi connectivity index (χ2v) is 5.53. The Hall–Kier alpha value is -2.54. The fourth-order valence-corrected chi connectivity index (χ4v) is 3.28. The van der Waals surface area contributed by atoms with E-state index in [4.69, 9.17) is 0 Å². The molecule has 2 aromatic carbocycles. The SMILES string of the molecule is OC1=CCC2C=CC=CC2=C1c1cccc2ccccc12. The third-order valence-corrected chi connectivity index (χ3v) is 4.30. The summed E-state index contributed by atoms with van der Waals surface area (Å²) in [6.45, 7) is 0. The van der Waals surface area contributed by atoms with Gasteiger partial charge in [-0.3, -0.25) is 0 Å². The number of benzene rings is 2. The minimum atomic E-state index is 0.375. The van der Waals surface area contributed by atoms with E-state index in [1.54, 1.807) is 0 Å². The molecule has 102 valence electrons. The van der Waals surface area contributed by atoms with Crippen LogP contribution in [0.1, 0.15) is 12.0 Å². The van der Waals surface area contributed by atoms with Gasteiger partial charge in [0.1, 0.15) is 5.76 Å². The predicted molar refractivity (Wildman–Crippen MR) is 88.0 cm³/mol. The van der Waals surface area contributed by atoms with Crippen LogP contribution in [0.15, 0.2) is 84.2 Å². The van der Waals surface area contributed by atoms with Gasteiger partial charge in [-0.1, -0.05) is 66.8 Å².